The summed E-state index contributed by atoms with van der Waals surface area (Å²) in [5.74, 6) is 0.0481. The molecule has 0 fully saturated rings. The number of fused-ring (bicyclic) bond motifs is 14. The number of carbonyl (C=O) groups is 1. The van der Waals surface area contributed by atoms with Crippen LogP contribution in [0.4, 0.5) is 0 Å². The maximum atomic E-state index is 12.0. The Labute approximate surface area is 157 Å². The largest absolute Gasteiger partial charge is 0.385 e. The third kappa shape index (κ3) is 5.17. The lowest BCUT2D eigenvalue weighted by Crippen LogP contribution is -2.19. The smallest absolute Gasteiger partial charge is 0.161 e. The van der Waals surface area contributed by atoms with Crippen LogP contribution in [-0.4, -0.2) is 17.0 Å². The quantitative estimate of drug-likeness (QED) is 0.653. The first-order valence-electron chi connectivity index (χ1n) is 10.5. The van der Waals surface area contributed by atoms with Gasteiger partial charge in [0.1, 0.15) is 6.10 Å². The summed E-state index contributed by atoms with van der Waals surface area (Å²) < 4.78 is 0. The molecule has 2 aromatic rings. The van der Waals surface area contributed by atoms with Gasteiger partial charge >= 0.3 is 0 Å². The van der Waals surface area contributed by atoms with E-state index in [1.165, 1.54) is 34.7 Å². The van der Waals surface area contributed by atoms with Crippen molar-refractivity contribution in [2.75, 3.05) is 0 Å². The van der Waals surface area contributed by atoms with Crippen LogP contribution >= 0.6 is 0 Å². The molecule has 1 atom stereocenters. The molecule has 0 spiro atoms. The molecule has 0 radical (unpaired) electrons. The number of aliphatic hydroxyl groups is 1. The van der Waals surface area contributed by atoms with Crippen molar-refractivity contribution in [2.45, 2.75) is 83.2 Å². The molecule has 26 heavy (non-hydrogen) atoms. The van der Waals surface area contributed by atoms with Crippen molar-refractivity contribution < 1.29 is 9.90 Å². The van der Waals surface area contributed by atoms with Crippen LogP contribution in [0.2, 0.25) is 0 Å². The molecule has 1 N–H and O–H groups in total. The molecule has 0 heterocycles. The fourth-order valence-electron chi connectivity index (χ4n) is 4.16. The minimum Gasteiger partial charge on any atom is -0.385 e. The van der Waals surface area contributed by atoms with Crippen molar-refractivity contribution in [2.24, 2.45) is 0 Å². The lowest BCUT2D eigenvalue weighted by molar-refractivity contribution is -0.127. The van der Waals surface area contributed by atoms with Crippen molar-refractivity contribution in [1.29, 1.82) is 0 Å². The van der Waals surface area contributed by atoms with Crippen LogP contribution in [0.5, 0.6) is 0 Å². The average molecular weight is 353 g/mol. The number of hydrogen-bond acceptors (Lipinski definition) is 2. The molecular formula is C24H32O2. The Morgan fingerprint density at radius 1 is 0.654 bits per heavy atom. The standard InChI is InChI=1S/C24H32O2/c25-23-15-7-3-1-5-11-19-17-18-20(22-14-10-9-13-21(19)22)12-6-2-4-8-16-24(23)26/h9-10,13-14,17-18,23,25H,1-8,11-12,15-16H2. The molecule has 140 valence electrons. The van der Waals surface area contributed by atoms with Crippen molar-refractivity contribution in [1.82, 2.24) is 0 Å². The van der Waals surface area contributed by atoms with Gasteiger partial charge in [-0.05, 0) is 60.4 Å². The predicted octanol–water partition coefficient (Wildman–Crippen LogP) is 5.77. The Balaban J connectivity index is 1.72. The van der Waals surface area contributed by atoms with Crippen LogP contribution in [0.3, 0.4) is 0 Å². The van der Waals surface area contributed by atoms with Gasteiger partial charge in [0.05, 0.1) is 0 Å². The minimum absolute atomic E-state index is 0.0481. The van der Waals surface area contributed by atoms with Gasteiger partial charge in [-0.1, -0.05) is 68.5 Å². The van der Waals surface area contributed by atoms with Crippen LogP contribution < -0.4 is 0 Å². The van der Waals surface area contributed by atoms with Gasteiger partial charge in [-0.15, -0.1) is 0 Å². The Morgan fingerprint density at radius 3 is 1.73 bits per heavy atom. The fourth-order valence-corrected chi connectivity index (χ4v) is 4.16. The van der Waals surface area contributed by atoms with E-state index < -0.39 is 6.10 Å². The second kappa shape index (κ2) is 9.87. The van der Waals surface area contributed by atoms with E-state index in [1.807, 2.05) is 0 Å². The van der Waals surface area contributed by atoms with Crippen molar-refractivity contribution >= 4 is 16.6 Å². The Hall–Kier alpha value is -1.67. The first-order chi connectivity index (χ1) is 12.8. The normalized spacial score (nSPS) is 21.4. The second-order valence-corrected chi connectivity index (χ2v) is 7.78. The Kier molecular flexibility index (Phi) is 7.25. The van der Waals surface area contributed by atoms with E-state index in [0.717, 1.165) is 51.4 Å². The summed E-state index contributed by atoms with van der Waals surface area (Å²) in [6, 6.07) is 13.5. The van der Waals surface area contributed by atoms with Crippen molar-refractivity contribution in [3.63, 3.8) is 0 Å². The molecule has 0 amide bonds. The molecule has 2 bridgehead atoms. The number of hydrogen-bond donors (Lipinski definition) is 1. The third-order valence-electron chi connectivity index (χ3n) is 5.77. The second-order valence-electron chi connectivity index (χ2n) is 7.78. The number of ketones is 1. The van der Waals surface area contributed by atoms with Crippen molar-refractivity contribution in [3.8, 4) is 0 Å². The summed E-state index contributed by atoms with van der Waals surface area (Å²) in [7, 11) is 0. The monoisotopic (exact) mass is 352 g/mol. The van der Waals surface area contributed by atoms with E-state index >= 15 is 0 Å². The molecule has 1 unspecified atom stereocenters. The number of aliphatic hydroxyl groups excluding tert-OH is 1. The van der Waals surface area contributed by atoms with E-state index in [0.29, 0.717) is 12.8 Å². The molecule has 0 saturated carbocycles. The number of Topliss-reactive ketones (excluding diaryl/α,β-unsaturated/α-hetero) is 1. The molecule has 2 nitrogen and oxygen atoms in total. The number of carbonyl (C=O) groups excluding carboxylic acids is 1. The highest BCUT2D eigenvalue weighted by Crippen LogP contribution is 2.26. The van der Waals surface area contributed by atoms with Gasteiger partial charge in [-0.3, -0.25) is 4.79 Å². The molecular weight excluding hydrogens is 320 g/mol. The summed E-state index contributed by atoms with van der Waals surface area (Å²) in [4.78, 5) is 12.0. The van der Waals surface area contributed by atoms with Crippen LogP contribution in [0.15, 0.2) is 36.4 Å². The molecule has 2 aliphatic rings. The maximum absolute atomic E-state index is 12.0. The van der Waals surface area contributed by atoms with Gasteiger partial charge in [0.2, 0.25) is 0 Å². The molecule has 2 heteroatoms. The summed E-state index contributed by atoms with van der Waals surface area (Å²) >= 11 is 0. The third-order valence-corrected chi connectivity index (χ3v) is 5.77. The topological polar surface area (TPSA) is 37.3 Å². The highest BCUT2D eigenvalue weighted by atomic mass is 16.3. The maximum Gasteiger partial charge on any atom is 0.161 e. The van der Waals surface area contributed by atoms with Crippen LogP contribution in [-0.2, 0) is 17.6 Å². The van der Waals surface area contributed by atoms with Crippen molar-refractivity contribution in [3.05, 3.63) is 47.5 Å². The molecule has 0 aromatic heterocycles. The van der Waals surface area contributed by atoms with E-state index in [-0.39, 0.29) is 5.78 Å². The van der Waals surface area contributed by atoms with Crippen LogP contribution in [0.1, 0.15) is 75.3 Å². The lowest BCUT2D eigenvalue weighted by Gasteiger charge is -2.13. The molecule has 2 aliphatic carbocycles. The van der Waals surface area contributed by atoms with Crippen LogP contribution in [0, 0.1) is 0 Å². The first kappa shape index (κ1) is 19.1. The van der Waals surface area contributed by atoms with Gasteiger partial charge in [0.15, 0.2) is 5.78 Å². The predicted molar refractivity (Wildman–Crippen MR) is 109 cm³/mol. The SMILES string of the molecule is O=C1CCCCCCc2ccc(c3ccccc23)CCCCCCC1O. The summed E-state index contributed by atoms with van der Waals surface area (Å²) in [5, 5.41) is 12.8. The zero-order chi connectivity index (χ0) is 18.2. The fraction of sp³-hybridized carbons (Fsp3) is 0.542. The first-order valence-corrected chi connectivity index (χ1v) is 10.5. The summed E-state index contributed by atoms with van der Waals surface area (Å²) in [6.45, 7) is 0. The molecule has 0 saturated heterocycles. The Bertz CT molecular complexity index is 719. The van der Waals surface area contributed by atoms with E-state index in [4.69, 9.17) is 0 Å². The van der Waals surface area contributed by atoms with Gasteiger partial charge in [-0.25, -0.2) is 0 Å². The highest BCUT2D eigenvalue weighted by Gasteiger charge is 2.14. The molecule has 2 aromatic carbocycles. The van der Waals surface area contributed by atoms with Crippen LogP contribution in [0.25, 0.3) is 10.8 Å². The van der Waals surface area contributed by atoms with E-state index in [2.05, 4.69) is 36.4 Å². The Morgan fingerprint density at radius 2 is 1.15 bits per heavy atom. The van der Waals surface area contributed by atoms with Gasteiger partial charge < -0.3 is 5.11 Å². The number of aryl methyl sites for hydroxylation is 2. The summed E-state index contributed by atoms with van der Waals surface area (Å²) in [6.07, 6.45) is 11.4. The minimum atomic E-state index is -0.732. The zero-order valence-electron chi connectivity index (χ0n) is 15.9. The van der Waals surface area contributed by atoms with E-state index in [1.54, 1.807) is 0 Å². The van der Waals surface area contributed by atoms with E-state index in [9.17, 15) is 9.90 Å². The number of rotatable bonds is 0. The highest BCUT2D eigenvalue weighted by molar-refractivity contribution is 5.88. The lowest BCUT2D eigenvalue weighted by atomic mass is 9.93. The zero-order valence-corrected chi connectivity index (χ0v) is 15.9. The van der Waals surface area contributed by atoms with Gasteiger partial charge in [0.25, 0.3) is 0 Å². The summed E-state index contributed by atoms with van der Waals surface area (Å²) in [5.41, 5.74) is 2.91. The number of benzene rings is 2. The molecule has 4 rings (SSSR count). The van der Waals surface area contributed by atoms with Gasteiger partial charge in [0, 0.05) is 6.42 Å². The van der Waals surface area contributed by atoms with Gasteiger partial charge in [-0.2, -0.15) is 0 Å². The molecule has 0 aliphatic heterocycles. The average Bonchev–Trinajstić information content (AvgIpc) is 2.67.